The first kappa shape index (κ1) is 13.5. The molecule has 2 nitrogen and oxygen atoms in total. The normalized spacial score (nSPS) is 13.2. The van der Waals surface area contributed by atoms with Gasteiger partial charge in [0.15, 0.2) is 5.92 Å². The lowest BCUT2D eigenvalue weighted by molar-refractivity contribution is -0.179. The molecule has 1 rings (SSSR count). The molecule has 0 amide bonds. The molecule has 1 aromatic carbocycles. The van der Waals surface area contributed by atoms with E-state index < -0.39 is 18.1 Å². The fourth-order valence-electron chi connectivity index (χ4n) is 1.69. The first-order valence-corrected chi connectivity index (χ1v) is 5.14. The van der Waals surface area contributed by atoms with Crippen molar-refractivity contribution >= 4 is 5.97 Å². The largest absolute Gasteiger partial charge is 0.468 e. The SMILES string of the molecule is CCc1ccccc1C(C(=O)OC)C(F)(F)F. The monoisotopic (exact) mass is 246 g/mol. The Labute approximate surface area is 97.4 Å². The zero-order chi connectivity index (χ0) is 13.1. The van der Waals surface area contributed by atoms with Crippen molar-refractivity contribution in [1.29, 1.82) is 0 Å². The van der Waals surface area contributed by atoms with E-state index in [0.717, 1.165) is 7.11 Å². The number of benzene rings is 1. The molecule has 1 aromatic rings. The molecule has 0 N–H and O–H groups in total. The Morgan fingerprint density at radius 3 is 2.41 bits per heavy atom. The summed E-state index contributed by atoms with van der Waals surface area (Å²) < 4.78 is 42.8. The van der Waals surface area contributed by atoms with Crippen LogP contribution in [-0.2, 0) is 16.0 Å². The summed E-state index contributed by atoms with van der Waals surface area (Å²) in [6.07, 6.45) is -4.21. The van der Waals surface area contributed by atoms with Crippen molar-refractivity contribution in [3.8, 4) is 0 Å². The summed E-state index contributed by atoms with van der Waals surface area (Å²) in [7, 11) is 0.954. The van der Waals surface area contributed by atoms with E-state index in [1.54, 1.807) is 19.1 Å². The molecule has 0 aliphatic rings. The molecule has 0 spiro atoms. The molecule has 0 saturated heterocycles. The fraction of sp³-hybridized carbons (Fsp3) is 0.417. The number of halogens is 3. The van der Waals surface area contributed by atoms with Gasteiger partial charge in [0.1, 0.15) is 0 Å². The molecule has 0 heterocycles. The van der Waals surface area contributed by atoms with Crippen LogP contribution in [0.4, 0.5) is 13.2 Å². The van der Waals surface area contributed by atoms with Gasteiger partial charge in [-0.15, -0.1) is 0 Å². The van der Waals surface area contributed by atoms with Crippen molar-refractivity contribution in [2.24, 2.45) is 0 Å². The van der Waals surface area contributed by atoms with Crippen molar-refractivity contribution in [3.63, 3.8) is 0 Å². The third-order valence-corrected chi connectivity index (χ3v) is 2.51. The predicted octanol–water partition coefficient (Wildman–Crippen LogP) is 3.07. The standard InChI is InChI=1S/C12H13F3O2/c1-3-8-6-4-5-7-9(8)10(11(16)17-2)12(13,14)15/h4-7,10H,3H2,1-2H3. The van der Waals surface area contributed by atoms with Gasteiger partial charge in [-0.05, 0) is 17.5 Å². The highest BCUT2D eigenvalue weighted by Gasteiger charge is 2.47. The number of esters is 1. The Balaban J connectivity index is 3.27. The lowest BCUT2D eigenvalue weighted by atomic mass is 9.92. The molecular formula is C12H13F3O2. The first-order chi connectivity index (χ1) is 7.91. The molecule has 0 aliphatic heterocycles. The zero-order valence-electron chi connectivity index (χ0n) is 9.54. The quantitative estimate of drug-likeness (QED) is 0.766. The van der Waals surface area contributed by atoms with Crippen LogP contribution in [0.5, 0.6) is 0 Å². The number of methoxy groups -OCH3 is 1. The average Bonchev–Trinajstić information content (AvgIpc) is 2.28. The maximum atomic E-state index is 12.9. The second-order valence-electron chi connectivity index (χ2n) is 3.55. The summed E-state index contributed by atoms with van der Waals surface area (Å²) in [5, 5.41) is 0. The molecule has 0 fully saturated rings. The van der Waals surface area contributed by atoms with Crippen LogP contribution >= 0.6 is 0 Å². The highest BCUT2D eigenvalue weighted by molar-refractivity contribution is 5.79. The van der Waals surface area contributed by atoms with E-state index >= 15 is 0 Å². The highest BCUT2D eigenvalue weighted by atomic mass is 19.4. The molecule has 0 aliphatic carbocycles. The maximum absolute atomic E-state index is 12.9. The number of ether oxygens (including phenoxy) is 1. The summed E-state index contributed by atoms with van der Waals surface area (Å²) in [6, 6.07) is 6.02. The summed E-state index contributed by atoms with van der Waals surface area (Å²) >= 11 is 0. The van der Waals surface area contributed by atoms with Gasteiger partial charge >= 0.3 is 12.1 Å². The van der Waals surface area contributed by atoms with Crippen molar-refractivity contribution in [1.82, 2.24) is 0 Å². The highest BCUT2D eigenvalue weighted by Crippen LogP contribution is 2.37. The number of carbonyl (C=O) groups excluding carboxylic acids is 1. The minimum atomic E-state index is -4.64. The molecule has 1 unspecified atom stereocenters. The van der Waals surface area contributed by atoms with E-state index in [2.05, 4.69) is 4.74 Å². The summed E-state index contributed by atoms with van der Waals surface area (Å²) in [5.74, 6) is -3.48. The lowest BCUT2D eigenvalue weighted by Crippen LogP contribution is -2.30. The van der Waals surface area contributed by atoms with Crippen LogP contribution < -0.4 is 0 Å². The minimum absolute atomic E-state index is 0.0330. The Morgan fingerprint density at radius 1 is 1.35 bits per heavy atom. The number of carbonyl (C=O) groups is 1. The molecule has 94 valence electrons. The van der Waals surface area contributed by atoms with Gasteiger partial charge in [0, 0.05) is 0 Å². The van der Waals surface area contributed by atoms with Crippen molar-refractivity contribution in [2.75, 3.05) is 7.11 Å². The number of rotatable bonds is 3. The van der Waals surface area contributed by atoms with Gasteiger partial charge in [-0.2, -0.15) is 13.2 Å². The van der Waals surface area contributed by atoms with E-state index in [1.165, 1.54) is 12.1 Å². The summed E-state index contributed by atoms with van der Waals surface area (Å²) in [6.45, 7) is 1.74. The zero-order valence-corrected chi connectivity index (χ0v) is 9.54. The molecule has 0 saturated carbocycles. The van der Waals surface area contributed by atoms with Crippen LogP contribution in [0.25, 0.3) is 0 Å². The molecule has 1 atom stereocenters. The summed E-state index contributed by atoms with van der Waals surface area (Å²) in [4.78, 5) is 11.3. The van der Waals surface area contributed by atoms with Gasteiger partial charge in [-0.1, -0.05) is 31.2 Å². The molecule has 0 aromatic heterocycles. The van der Waals surface area contributed by atoms with E-state index in [-0.39, 0.29) is 5.56 Å². The Kier molecular flexibility index (Phi) is 4.15. The molecule has 0 radical (unpaired) electrons. The molecular weight excluding hydrogens is 233 g/mol. The van der Waals surface area contributed by atoms with Gasteiger partial charge in [-0.3, -0.25) is 4.79 Å². The first-order valence-electron chi connectivity index (χ1n) is 5.14. The Hall–Kier alpha value is -1.52. The smallest absolute Gasteiger partial charge is 0.406 e. The second kappa shape index (κ2) is 5.21. The van der Waals surface area contributed by atoms with Crippen LogP contribution in [0.2, 0.25) is 0 Å². The number of alkyl halides is 3. The lowest BCUT2D eigenvalue weighted by Gasteiger charge is -2.20. The van der Waals surface area contributed by atoms with E-state index in [9.17, 15) is 18.0 Å². The number of aryl methyl sites for hydroxylation is 1. The fourth-order valence-corrected chi connectivity index (χ4v) is 1.69. The minimum Gasteiger partial charge on any atom is -0.468 e. The molecule has 5 heteroatoms. The van der Waals surface area contributed by atoms with Crippen LogP contribution in [-0.4, -0.2) is 19.3 Å². The third-order valence-electron chi connectivity index (χ3n) is 2.51. The van der Waals surface area contributed by atoms with Gasteiger partial charge in [0.25, 0.3) is 0 Å². The number of hydrogen-bond donors (Lipinski definition) is 0. The van der Waals surface area contributed by atoms with E-state index in [4.69, 9.17) is 0 Å². The third kappa shape index (κ3) is 2.99. The second-order valence-corrected chi connectivity index (χ2v) is 3.55. The van der Waals surface area contributed by atoms with E-state index in [1.807, 2.05) is 0 Å². The summed E-state index contributed by atoms with van der Waals surface area (Å²) in [5.41, 5.74) is 0.467. The van der Waals surface area contributed by atoms with Crippen LogP contribution in [0.3, 0.4) is 0 Å². The van der Waals surface area contributed by atoms with Crippen molar-refractivity contribution < 1.29 is 22.7 Å². The van der Waals surface area contributed by atoms with Crippen LogP contribution in [0.15, 0.2) is 24.3 Å². The molecule has 0 bridgehead atoms. The van der Waals surface area contributed by atoms with E-state index in [0.29, 0.717) is 12.0 Å². The van der Waals surface area contributed by atoms with Crippen LogP contribution in [0, 0.1) is 0 Å². The van der Waals surface area contributed by atoms with Crippen molar-refractivity contribution in [3.05, 3.63) is 35.4 Å². The Morgan fingerprint density at radius 2 is 1.94 bits per heavy atom. The maximum Gasteiger partial charge on any atom is 0.406 e. The number of hydrogen-bond acceptors (Lipinski definition) is 2. The van der Waals surface area contributed by atoms with Gasteiger partial charge in [-0.25, -0.2) is 0 Å². The van der Waals surface area contributed by atoms with Gasteiger partial charge in [0.2, 0.25) is 0 Å². The van der Waals surface area contributed by atoms with Crippen LogP contribution in [0.1, 0.15) is 24.0 Å². The van der Waals surface area contributed by atoms with Gasteiger partial charge < -0.3 is 4.74 Å². The topological polar surface area (TPSA) is 26.3 Å². The van der Waals surface area contributed by atoms with Gasteiger partial charge in [0.05, 0.1) is 7.11 Å². The average molecular weight is 246 g/mol. The predicted molar refractivity (Wildman–Crippen MR) is 56.6 cm³/mol. The Bertz CT molecular complexity index is 399. The molecule has 17 heavy (non-hydrogen) atoms. The van der Waals surface area contributed by atoms with Crippen molar-refractivity contribution in [2.45, 2.75) is 25.4 Å².